The highest BCUT2D eigenvalue weighted by Gasteiger charge is 2.56. The Bertz CT molecular complexity index is 574. The maximum atomic E-state index is 13.5. The lowest BCUT2D eigenvalue weighted by atomic mass is 9.72. The van der Waals surface area contributed by atoms with Crippen molar-refractivity contribution in [1.29, 1.82) is 0 Å². The molecule has 35 heavy (non-hydrogen) atoms. The maximum Gasteiger partial charge on any atom is 0.210 e. The largest absolute Gasteiger partial charge is 0.386 e. The van der Waals surface area contributed by atoms with Crippen LogP contribution < -0.4 is 0 Å². The summed E-state index contributed by atoms with van der Waals surface area (Å²) in [5, 5.41) is 33.3. The monoisotopic (exact) mass is 498 g/mol. The summed E-state index contributed by atoms with van der Waals surface area (Å²) in [4.78, 5) is 39.8. The molecule has 6 nitrogen and oxygen atoms in total. The summed E-state index contributed by atoms with van der Waals surface area (Å²) >= 11 is 0. The van der Waals surface area contributed by atoms with Gasteiger partial charge in [-0.3, -0.25) is 14.4 Å². The van der Waals surface area contributed by atoms with Gasteiger partial charge in [-0.25, -0.2) is 0 Å². The zero-order chi connectivity index (χ0) is 26.9. The summed E-state index contributed by atoms with van der Waals surface area (Å²) in [5.74, 6) is -3.39. The normalized spacial score (nSPS) is 16.8. The minimum Gasteiger partial charge on any atom is -0.386 e. The molecule has 0 spiro atoms. The number of unbranched alkanes of at least 4 members (excludes halogenated alkanes) is 8. The SMILES string of the molecule is CCCCCCCCCC(=O)C(O)C(O)C(O)(C(=O)C(CC)CCCC)C(=O)C(CC)CCCC. The molecule has 0 bridgehead atoms. The Labute approximate surface area is 214 Å². The van der Waals surface area contributed by atoms with E-state index in [1.807, 2.05) is 27.7 Å². The van der Waals surface area contributed by atoms with E-state index in [9.17, 15) is 29.7 Å². The Morgan fingerprint density at radius 3 is 1.43 bits per heavy atom. The number of hydrogen-bond acceptors (Lipinski definition) is 6. The van der Waals surface area contributed by atoms with E-state index in [0.29, 0.717) is 32.1 Å². The second kappa shape index (κ2) is 19.1. The van der Waals surface area contributed by atoms with Crippen molar-refractivity contribution in [2.45, 2.75) is 155 Å². The van der Waals surface area contributed by atoms with Gasteiger partial charge >= 0.3 is 0 Å². The number of aliphatic hydroxyl groups is 3. The smallest absolute Gasteiger partial charge is 0.210 e. The fraction of sp³-hybridized carbons (Fsp3) is 0.897. The standard InChI is InChI=1S/C29H54O6/c1-6-11-14-15-16-17-18-21-24(30)25(31)28(34)29(35,26(32)22(9-4)19-12-7-2)27(33)23(10-5)20-13-8-3/h22-23,25,28,31,34-35H,6-21H2,1-5H3. The van der Waals surface area contributed by atoms with Gasteiger partial charge in [0.05, 0.1) is 0 Å². The van der Waals surface area contributed by atoms with Gasteiger partial charge in [0, 0.05) is 18.3 Å². The second-order valence-electron chi connectivity index (χ2n) is 10.2. The first-order valence-electron chi connectivity index (χ1n) is 14.4. The third kappa shape index (κ3) is 10.8. The van der Waals surface area contributed by atoms with E-state index < -0.39 is 47.0 Å². The Morgan fingerprint density at radius 2 is 1.03 bits per heavy atom. The van der Waals surface area contributed by atoms with Crippen molar-refractivity contribution in [1.82, 2.24) is 0 Å². The van der Waals surface area contributed by atoms with Gasteiger partial charge in [0.15, 0.2) is 17.3 Å². The maximum absolute atomic E-state index is 13.5. The summed E-state index contributed by atoms with van der Waals surface area (Å²) in [7, 11) is 0. The molecule has 206 valence electrons. The molecule has 0 saturated carbocycles. The van der Waals surface area contributed by atoms with Crippen molar-refractivity contribution < 1.29 is 29.7 Å². The molecule has 4 atom stereocenters. The van der Waals surface area contributed by atoms with Gasteiger partial charge < -0.3 is 15.3 Å². The summed E-state index contributed by atoms with van der Waals surface area (Å²) in [6.45, 7) is 9.76. The Hall–Kier alpha value is -1.11. The molecule has 0 saturated heterocycles. The van der Waals surface area contributed by atoms with Crippen molar-refractivity contribution in [2.75, 3.05) is 0 Å². The quantitative estimate of drug-likeness (QED) is 0.123. The molecule has 0 fully saturated rings. The molecule has 0 aromatic heterocycles. The third-order valence-corrected chi connectivity index (χ3v) is 7.37. The summed E-state index contributed by atoms with van der Waals surface area (Å²) in [6.07, 6.45) is 7.94. The molecular formula is C29H54O6. The van der Waals surface area contributed by atoms with Gasteiger partial charge in [0.25, 0.3) is 0 Å². The fourth-order valence-electron chi connectivity index (χ4n) is 4.79. The topological polar surface area (TPSA) is 112 Å². The molecular weight excluding hydrogens is 444 g/mol. The number of Topliss-reactive ketones (excluding diaryl/α,β-unsaturated/α-hetero) is 3. The van der Waals surface area contributed by atoms with Crippen LogP contribution in [0.1, 0.15) is 137 Å². The fourth-order valence-corrected chi connectivity index (χ4v) is 4.79. The molecule has 0 aliphatic carbocycles. The second-order valence-corrected chi connectivity index (χ2v) is 10.2. The number of carbonyl (C=O) groups excluding carboxylic acids is 3. The highest BCUT2D eigenvalue weighted by molar-refractivity contribution is 6.13. The Balaban J connectivity index is 5.64. The van der Waals surface area contributed by atoms with Crippen LogP contribution in [0.2, 0.25) is 0 Å². The van der Waals surface area contributed by atoms with E-state index in [1.54, 1.807) is 0 Å². The summed E-state index contributed by atoms with van der Waals surface area (Å²) < 4.78 is 0. The molecule has 0 aliphatic rings. The molecule has 0 radical (unpaired) electrons. The zero-order valence-corrected chi connectivity index (χ0v) is 23.2. The highest BCUT2D eigenvalue weighted by Crippen LogP contribution is 2.31. The molecule has 0 rings (SSSR count). The number of rotatable bonds is 23. The Kier molecular flexibility index (Phi) is 18.5. The van der Waals surface area contributed by atoms with E-state index in [0.717, 1.165) is 57.8 Å². The molecule has 0 aromatic carbocycles. The third-order valence-electron chi connectivity index (χ3n) is 7.37. The minimum absolute atomic E-state index is 0.0462. The minimum atomic E-state index is -2.78. The molecule has 0 aromatic rings. The van der Waals surface area contributed by atoms with Crippen LogP contribution in [0.5, 0.6) is 0 Å². The van der Waals surface area contributed by atoms with Crippen LogP contribution in [0.3, 0.4) is 0 Å². The van der Waals surface area contributed by atoms with Crippen LogP contribution in [-0.4, -0.2) is 50.5 Å². The van der Waals surface area contributed by atoms with Crippen molar-refractivity contribution in [3.05, 3.63) is 0 Å². The number of hydrogen-bond donors (Lipinski definition) is 3. The van der Waals surface area contributed by atoms with E-state index in [4.69, 9.17) is 0 Å². The van der Waals surface area contributed by atoms with Crippen LogP contribution in [0.15, 0.2) is 0 Å². The van der Waals surface area contributed by atoms with Gasteiger partial charge in [0.2, 0.25) is 5.60 Å². The van der Waals surface area contributed by atoms with Crippen molar-refractivity contribution in [3.63, 3.8) is 0 Å². The van der Waals surface area contributed by atoms with E-state index >= 15 is 0 Å². The van der Waals surface area contributed by atoms with Crippen molar-refractivity contribution >= 4 is 17.3 Å². The molecule has 4 unspecified atom stereocenters. The highest BCUT2D eigenvalue weighted by atomic mass is 16.4. The predicted molar refractivity (Wildman–Crippen MR) is 141 cm³/mol. The molecule has 0 heterocycles. The van der Waals surface area contributed by atoms with E-state index in [2.05, 4.69) is 6.92 Å². The van der Waals surface area contributed by atoms with Crippen LogP contribution in [-0.2, 0) is 14.4 Å². The summed E-state index contributed by atoms with van der Waals surface area (Å²) in [6, 6.07) is 0. The number of aliphatic hydroxyl groups excluding tert-OH is 2. The van der Waals surface area contributed by atoms with Gasteiger partial charge in [0.1, 0.15) is 12.2 Å². The first-order valence-corrected chi connectivity index (χ1v) is 14.4. The molecule has 3 N–H and O–H groups in total. The van der Waals surface area contributed by atoms with E-state index in [1.165, 1.54) is 6.42 Å². The van der Waals surface area contributed by atoms with Crippen LogP contribution in [0.25, 0.3) is 0 Å². The van der Waals surface area contributed by atoms with Gasteiger partial charge in [-0.2, -0.15) is 0 Å². The molecule has 0 amide bonds. The van der Waals surface area contributed by atoms with Crippen molar-refractivity contribution in [2.24, 2.45) is 11.8 Å². The lowest BCUT2D eigenvalue weighted by molar-refractivity contribution is -0.179. The summed E-state index contributed by atoms with van der Waals surface area (Å²) in [5.41, 5.74) is -2.78. The first-order chi connectivity index (χ1) is 16.7. The molecule has 0 aliphatic heterocycles. The van der Waals surface area contributed by atoms with Crippen LogP contribution in [0, 0.1) is 11.8 Å². The van der Waals surface area contributed by atoms with Gasteiger partial charge in [-0.05, 0) is 32.1 Å². The lowest BCUT2D eigenvalue weighted by Crippen LogP contribution is -2.64. The Morgan fingerprint density at radius 1 is 0.629 bits per heavy atom. The zero-order valence-electron chi connectivity index (χ0n) is 23.2. The number of ketones is 3. The van der Waals surface area contributed by atoms with Crippen LogP contribution in [0.4, 0.5) is 0 Å². The van der Waals surface area contributed by atoms with Crippen LogP contribution >= 0.6 is 0 Å². The number of carbonyl (C=O) groups is 3. The van der Waals surface area contributed by atoms with Gasteiger partial charge in [-0.1, -0.05) is 98.8 Å². The van der Waals surface area contributed by atoms with Gasteiger partial charge in [-0.15, -0.1) is 0 Å². The first kappa shape index (κ1) is 33.9. The average molecular weight is 499 g/mol. The van der Waals surface area contributed by atoms with Crippen molar-refractivity contribution in [3.8, 4) is 0 Å². The predicted octanol–water partition coefficient (Wildman–Crippen LogP) is 5.72. The lowest BCUT2D eigenvalue weighted by Gasteiger charge is -2.37. The average Bonchev–Trinajstić information content (AvgIpc) is 2.87. The van der Waals surface area contributed by atoms with E-state index in [-0.39, 0.29) is 6.42 Å². The molecule has 6 heteroatoms.